The lowest BCUT2D eigenvalue weighted by atomic mass is 9.78. The first-order valence-electron chi connectivity index (χ1n) is 16.4. The average molecular weight is 620 g/mol. The lowest BCUT2D eigenvalue weighted by Gasteiger charge is -2.34. The van der Waals surface area contributed by atoms with E-state index in [1.54, 1.807) is 6.07 Å². The molecular weight excluding hydrogens is 573 g/mol. The van der Waals surface area contributed by atoms with Crippen molar-refractivity contribution in [2.45, 2.75) is 84.6 Å². The maximum Gasteiger partial charge on any atom is 0.308 e. The highest BCUT2D eigenvalue weighted by atomic mass is 19.1. The number of carboxylic acid groups (broad SMARTS) is 1. The smallest absolute Gasteiger partial charge is 0.308 e. The van der Waals surface area contributed by atoms with Crippen molar-refractivity contribution in [1.29, 1.82) is 0 Å². The second-order valence-electron chi connectivity index (χ2n) is 12.5. The van der Waals surface area contributed by atoms with Gasteiger partial charge in [0, 0.05) is 36.9 Å². The van der Waals surface area contributed by atoms with Gasteiger partial charge >= 0.3 is 5.97 Å². The molecule has 2 heterocycles. The number of allylic oxidation sites excluding steroid dienone is 2. The highest BCUT2D eigenvalue weighted by molar-refractivity contribution is 5.81. The molecule has 1 fully saturated rings. The van der Waals surface area contributed by atoms with Crippen molar-refractivity contribution < 1.29 is 33.3 Å². The summed E-state index contributed by atoms with van der Waals surface area (Å²) in [6.07, 6.45) is 8.16. The molecule has 0 spiro atoms. The quantitative estimate of drug-likeness (QED) is 0.242. The van der Waals surface area contributed by atoms with E-state index in [1.165, 1.54) is 28.3 Å². The fraction of sp³-hybridized carbons (Fsp3) is 0.514. The summed E-state index contributed by atoms with van der Waals surface area (Å²) >= 11 is 0. The maximum atomic E-state index is 15.8. The van der Waals surface area contributed by atoms with Gasteiger partial charge in [0.25, 0.3) is 0 Å². The summed E-state index contributed by atoms with van der Waals surface area (Å²) in [5.41, 5.74) is 6.06. The number of benzene rings is 2. The second kappa shape index (κ2) is 14.6. The Hall–Kier alpha value is -3.65. The first kappa shape index (κ1) is 32.7. The number of nitrogens with zero attached hydrogens (tertiary/aromatic N) is 1. The molecule has 1 saturated heterocycles. The summed E-state index contributed by atoms with van der Waals surface area (Å²) in [5.74, 6) is -1.76. The molecule has 0 aromatic heterocycles. The molecule has 1 N–H and O–H groups in total. The van der Waals surface area contributed by atoms with Gasteiger partial charge in [0.2, 0.25) is 6.79 Å². The zero-order chi connectivity index (χ0) is 32.1. The number of carbonyl (C=O) groups excluding carboxylic acids is 1. The molecule has 8 heteroatoms. The van der Waals surface area contributed by atoms with Crippen molar-refractivity contribution in [3.63, 3.8) is 0 Å². The monoisotopic (exact) mass is 619 g/mol. The van der Waals surface area contributed by atoms with Crippen LogP contribution in [0, 0.1) is 18.8 Å². The van der Waals surface area contributed by atoms with Gasteiger partial charge in [0.1, 0.15) is 17.4 Å². The van der Waals surface area contributed by atoms with E-state index in [0.29, 0.717) is 49.7 Å². The number of ketones is 1. The third-order valence-electron chi connectivity index (χ3n) is 9.46. The normalized spacial score (nSPS) is 22.7. The van der Waals surface area contributed by atoms with Crippen LogP contribution in [-0.4, -0.2) is 54.3 Å². The molecule has 0 radical (unpaired) electrons. The first-order chi connectivity index (χ1) is 21.7. The van der Waals surface area contributed by atoms with Crippen LogP contribution >= 0.6 is 0 Å². The number of carbonyl (C=O) groups is 2. The zero-order valence-corrected chi connectivity index (χ0v) is 26.9. The van der Waals surface area contributed by atoms with E-state index in [9.17, 15) is 14.7 Å². The lowest BCUT2D eigenvalue weighted by Crippen LogP contribution is -2.44. The summed E-state index contributed by atoms with van der Waals surface area (Å²) < 4.78 is 32.5. The molecule has 1 unspecified atom stereocenters. The van der Waals surface area contributed by atoms with E-state index < -0.39 is 35.6 Å². The summed E-state index contributed by atoms with van der Waals surface area (Å²) in [4.78, 5) is 28.4. The average Bonchev–Trinajstić information content (AvgIpc) is 3.65. The van der Waals surface area contributed by atoms with Crippen LogP contribution in [0.4, 0.5) is 4.39 Å². The van der Waals surface area contributed by atoms with Crippen LogP contribution in [0.3, 0.4) is 0 Å². The number of aliphatic carboxylic acids is 1. The molecule has 2 aromatic rings. The van der Waals surface area contributed by atoms with Crippen LogP contribution in [-0.2, 0) is 33.6 Å². The van der Waals surface area contributed by atoms with Gasteiger partial charge < -0.3 is 19.3 Å². The van der Waals surface area contributed by atoms with Gasteiger partial charge in [-0.25, -0.2) is 4.39 Å². The van der Waals surface area contributed by atoms with E-state index in [2.05, 4.69) is 32.9 Å². The van der Waals surface area contributed by atoms with E-state index in [0.717, 1.165) is 31.2 Å². The zero-order valence-electron chi connectivity index (χ0n) is 26.9. The predicted molar refractivity (Wildman–Crippen MR) is 171 cm³/mol. The maximum absolute atomic E-state index is 15.8. The van der Waals surface area contributed by atoms with Gasteiger partial charge in [0.15, 0.2) is 11.5 Å². The van der Waals surface area contributed by atoms with Crippen molar-refractivity contribution in [1.82, 2.24) is 4.90 Å². The summed E-state index contributed by atoms with van der Waals surface area (Å²) in [6.45, 7) is 9.45. The van der Waals surface area contributed by atoms with Gasteiger partial charge in [-0.05, 0) is 85.9 Å². The number of carboxylic acids is 1. The van der Waals surface area contributed by atoms with Crippen LogP contribution < -0.4 is 9.47 Å². The molecule has 0 amide bonds. The molecule has 7 nitrogen and oxygen atoms in total. The molecule has 1 aliphatic carbocycles. The summed E-state index contributed by atoms with van der Waals surface area (Å²) in [5, 5.41) is 10.6. The van der Waals surface area contributed by atoms with Crippen LogP contribution in [0.2, 0.25) is 0 Å². The number of halogens is 1. The number of likely N-dealkylation sites (tertiary alicyclic amines) is 1. The van der Waals surface area contributed by atoms with Crippen molar-refractivity contribution in [2.75, 3.05) is 26.5 Å². The Balaban J connectivity index is 1.37. The van der Waals surface area contributed by atoms with Gasteiger partial charge in [0.05, 0.1) is 19.1 Å². The number of Topliss-reactive ketones (excluding diaryl/α,β-unsaturated/α-hetero) is 1. The molecule has 5 rings (SSSR count). The SMILES string of the molecule is CCCOC1=CCC([C@H]2[C@H](C(=O)O)[C@@H](c3ccc4c(c3)OCO4)CN2CC(=O)CCCc2c(CC)cc(C)cc2CC)C(F)=C1. The Morgan fingerprint density at radius 1 is 1.04 bits per heavy atom. The van der Waals surface area contributed by atoms with Crippen LogP contribution in [0.1, 0.15) is 80.2 Å². The molecule has 0 bridgehead atoms. The van der Waals surface area contributed by atoms with Crippen LogP contribution in [0.15, 0.2) is 54.1 Å². The van der Waals surface area contributed by atoms with E-state index in [4.69, 9.17) is 14.2 Å². The van der Waals surface area contributed by atoms with Gasteiger partial charge in [-0.1, -0.05) is 44.5 Å². The highest BCUT2D eigenvalue weighted by Crippen LogP contribution is 2.46. The minimum absolute atomic E-state index is 0.0430. The molecule has 45 heavy (non-hydrogen) atoms. The van der Waals surface area contributed by atoms with Gasteiger partial charge in [-0.3, -0.25) is 14.5 Å². The number of ether oxygens (including phenoxy) is 3. The topological polar surface area (TPSA) is 85.3 Å². The van der Waals surface area contributed by atoms with Crippen molar-refractivity contribution in [3.8, 4) is 11.5 Å². The third-order valence-corrected chi connectivity index (χ3v) is 9.46. The Bertz CT molecular complexity index is 1440. The molecule has 2 aliphatic heterocycles. The third kappa shape index (κ3) is 7.27. The number of rotatable bonds is 14. The number of fused-ring (bicyclic) bond motifs is 1. The highest BCUT2D eigenvalue weighted by Gasteiger charge is 2.51. The van der Waals surface area contributed by atoms with Crippen molar-refractivity contribution >= 4 is 11.8 Å². The predicted octanol–water partition coefficient (Wildman–Crippen LogP) is 7.09. The van der Waals surface area contributed by atoms with Gasteiger partial charge in [-0.15, -0.1) is 0 Å². The molecule has 0 saturated carbocycles. The van der Waals surface area contributed by atoms with Crippen molar-refractivity contribution in [3.05, 3.63) is 81.9 Å². The van der Waals surface area contributed by atoms with E-state index >= 15 is 4.39 Å². The largest absolute Gasteiger partial charge is 0.494 e. The second-order valence-corrected chi connectivity index (χ2v) is 12.5. The standard InChI is InChI=1S/C37H46FNO6/c1-5-15-43-28-12-13-30(32(38)19-28)36-35(37(41)42)31(26-11-14-33-34(18-26)45-22-44-33)21-39(36)20-27(40)9-8-10-29-24(6-2)16-23(4)17-25(29)7-3/h11-12,14,16-19,30-31,35-36H,5-10,13,15,20-22H2,1-4H3,(H,41,42)/t30?,31-,35-,36+/m1/s1. The summed E-state index contributed by atoms with van der Waals surface area (Å²) in [6, 6.07) is 9.27. The Morgan fingerprint density at radius 3 is 2.44 bits per heavy atom. The Labute approximate surface area is 266 Å². The minimum atomic E-state index is -0.999. The van der Waals surface area contributed by atoms with Crippen LogP contribution in [0.5, 0.6) is 11.5 Å². The molecule has 3 aliphatic rings. The number of aryl methyl sites for hydroxylation is 3. The molecule has 4 atom stereocenters. The molecule has 2 aromatic carbocycles. The number of hydrogen-bond donors (Lipinski definition) is 1. The van der Waals surface area contributed by atoms with Gasteiger partial charge in [-0.2, -0.15) is 0 Å². The van der Waals surface area contributed by atoms with E-state index in [1.807, 2.05) is 30.0 Å². The summed E-state index contributed by atoms with van der Waals surface area (Å²) in [7, 11) is 0. The number of hydrogen-bond acceptors (Lipinski definition) is 6. The minimum Gasteiger partial charge on any atom is -0.494 e. The van der Waals surface area contributed by atoms with Crippen LogP contribution in [0.25, 0.3) is 0 Å². The Morgan fingerprint density at radius 2 is 1.78 bits per heavy atom. The molecule has 242 valence electrons. The fourth-order valence-electron chi connectivity index (χ4n) is 7.37. The Kier molecular flexibility index (Phi) is 10.6. The van der Waals surface area contributed by atoms with Crippen molar-refractivity contribution in [2.24, 2.45) is 11.8 Å². The molecular formula is C37H46FNO6. The fourth-order valence-corrected chi connectivity index (χ4v) is 7.37. The first-order valence-corrected chi connectivity index (χ1v) is 16.4. The van der Waals surface area contributed by atoms with E-state index in [-0.39, 0.29) is 19.1 Å². The lowest BCUT2D eigenvalue weighted by molar-refractivity contribution is -0.144.